The summed E-state index contributed by atoms with van der Waals surface area (Å²) in [6.45, 7) is 1.93. The van der Waals surface area contributed by atoms with Crippen LogP contribution in [-0.4, -0.2) is 30.8 Å². The largest absolute Gasteiger partial charge is 0.477 e. The van der Waals surface area contributed by atoms with E-state index in [1.807, 2.05) is 37.3 Å². The molecule has 9 nitrogen and oxygen atoms in total. The fourth-order valence-electron chi connectivity index (χ4n) is 2.18. The molecule has 4 N–H and O–H groups in total. The normalized spacial score (nSPS) is 10.2. The van der Waals surface area contributed by atoms with Gasteiger partial charge < -0.3 is 16.2 Å². The van der Waals surface area contributed by atoms with Crippen molar-refractivity contribution in [2.24, 2.45) is 0 Å². The maximum Gasteiger partial charge on any atom is 0.341 e. The summed E-state index contributed by atoms with van der Waals surface area (Å²) < 4.78 is 1.08. The van der Waals surface area contributed by atoms with Crippen LogP contribution in [0.4, 0.5) is 17.3 Å². The van der Waals surface area contributed by atoms with Crippen LogP contribution in [0.15, 0.2) is 36.5 Å². The topological polar surface area (TPSA) is 143 Å². The van der Waals surface area contributed by atoms with Crippen LogP contribution in [0.3, 0.4) is 0 Å². The van der Waals surface area contributed by atoms with Gasteiger partial charge in [-0.1, -0.05) is 18.2 Å². The zero-order valence-corrected chi connectivity index (χ0v) is 13.1. The molecular formula is C16H13N7O2. The van der Waals surface area contributed by atoms with Gasteiger partial charge in [-0.05, 0) is 18.6 Å². The number of nitrogens with two attached hydrogens (primary N) is 1. The number of anilines is 3. The lowest BCUT2D eigenvalue weighted by molar-refractivity contribution is 0.0698. The molecule has 25 heavy (non-hydrogen) atoms. The van der Waals surface area contributed by atoms with E-state index in [1.165, 1.54) is 6.07 Å². The van der Waals surface area contributed by atoms with Crippen molar-refractivity contribution >= 4 is 23.3 Å². The van der Waals surface area contributed by atoms with E-state index >= 15 is 0 Å². The first kappa shape index (κ1) is 15.9. The van der Waals surface area contributed by atoms with E-state index in [0.717, 1.165) is 22.1 Å². The molecule has 0 radical (unpaired) electrons. The van der Waals surface area contributed by atoms with Crippen molar-refractivity contribution in [1.29, 1.82) is 5.26 Å². The zero-order valence-electron chi connectivity index (χ0n) is 13.1. The van der Waals surface area contributed by atoms with Crippen LogP contribution in [0.2, 0.25) is 0 Å². The lowest BCUT2D eigenvalue weighted by Crippen LogP contribution is -2.11. The second kappa shape index (κ2) is 6.29. The summed E-state index contributed by atoms with van der Waals surface area (Å²) >= 11 is 0. The number of nitriles is 1. The van der Waals surface area contributed by atoms with E-state index in [4.69, 9.17) is 10.8 Å². The third-order valence-electron chi connectivity index (χ3n) is 3.46. The standard InChI is InChI=1S/C16H13N7O2/c1-9-4-2-3-5-12(9)21-13-6-10(7-17)20-16(22-13)23-14(18)11(8-19-23)15(24)25/h2-6,8H,18H2,1H3,(H,24,25)(H,20,21,22). The van der Waals surface area contributed by atoms with E-state index in [-0.39, 0.29) is 23.0 Å². The van der Waals surface area contributed by atoms with Crippen LogP contribution in [0.5, 0.6) is 0 Å². The van der Waals surface area contributed by atoms with Crippen LogP contribution in [0, 0.1) is 18.3 Å². The average molecular weight is 335 g/mol. The third kappa shape index (κ3) is 3.09. The van der Waals surface area contributed by atoms with E-state index in [9.17, 15) is 10.1 Å². The quantitative estimate of drug-likeness (QED) is 0.655. The summed E-state index contributed by atoms with van der Waals surface area (Å²) in [5, 5.41) is 25.3. The molecule has 1 aromatic carbocycles. The Morgan fingerprint density at radius 2 is 2.12 bits per heavy atom. The fraction of sp³-hybridized carbons (Fsp3) is 0.0625. The zero-order chi connectivity index (χ0) is 18.0. The SMILES string of the molecule is Cc1ccccc1Nc1cc(C#N)nc(-n2ncc(C(=O)O)c2N)n1. The highest BCUT2D eigenvalue weighted by atomic mass is 16.4. The summed E-state index contributed by atoms with van der Waals surface area (Å²) in [7, 11) is 0. The van der Waals surface area contributed by atoms with Crippen molar-refractivity contribution in [2.75, 3.05) is 11.1 Å². The van der Waals surface area contributed by atoms with E-state index < -0.39 is 5.97 Å². The van der Waals surface area contributed by atoms with E-state index in [2.05, 4.69) is 20.4 Å². The maximum atomic E-state index is 11.1. The van der Waals surface area contributed by atoms with Gasteiger partial charge in [0.15, 0.2) is 0 Å². The Balaban J connectivity index is 2.06. The highest BCUT2D eigenvalue weighted by Gasteiger charge is 2.17. The molecule has 0 saturated heterocycles. The number of hydrogen-bond acceptors (Lipinski definition) is 7. The molecule has 0 aliphatic heterocycles. The molecule has 0 unspecified atom stereocenters. The van der Waals surface area contributed by atoms with Crippen LogP contribution < -0.4 is 11.1 Å². The Morgan fingerprint density at radius 1 is 1.36 bits per heavy atom. The minimum absolute atomic E-state index is 0.000124. The highest BCUT2D eigenvalue weighted by Crippen LogP contribution is 2.21. The number of nitrogen functional groups attached to an aromatic ring is 1. The minimum atomic E-state index is -1.21. The van der Waals surface area contributed by atoms with E-state index in [0.29, 0.717) is 5.82 Å². The first-order valence-electron chi connectivity index (χ1n) is 7.18. The number of aromatic nitrogens is 4. The number of hydrogen-bond donors (Lipinski definition) is 3. The fourth-order valence-corrected chi connectivity index (χ4v) is 2.18. The number of aryl methyl sites for hydroxylation is 1. The van der Waals surface area contributed by atoms with Crippen molar-refractivity contribution < 1.29 is 9.90 Å². The van der Waals surface area contributed by atoms with Gasteiger partial charge in [0, 0.05) is 11.8 Å². The second-order valence-electron chi connectivity index (χ2n) is 5.15. The van der Waals surface area contributed by atoms with Crippen LogP contribution >= 0.6 is 0 Å². The Bertz CT molecular complexity index is 1000. The van der Waals surface area contributed by atoms with Gasteiger partial charge >= 0.3 is 5.97 Å². The number of carboxylic acids is 1. The smallest absolute Gasteiger partial charge is 0.341 e. The number of carboxylic acid groups (broad SMARTS) is 1. The number of nitrogens with zero attached hydrogens (tertiary/aromatic N) is 5. The molecule has 0 aliphatic carbocycles. The predicted octanol–water partition coefficient (Wildman–Crippen LogP) is 1.87. The highest BCUT2D eigenvalue weighted by molar-refractivity contribution is 5.92. The lowest BCUT2D eigenvalue weighted by Gasteiger charge is -2.10. The minimum Gasteiger partial charge on any atom is -0.477 e. The molecule has 0 bridgehead atoms. The van der Waals surface area contributed by atoms with Gasteiger partial charge in [0.25, 0.3) is 5.95 Å². The molecule has 0 spiro atoms. The molecule has 2 aromatic heterocycles. The Morgan fingerprint density at radius 3 is 2.76 bits per heavy atom. The van der Waals surface area contributed by atoms with Gasteiger partial charge in [0.2, 0.25) is 0 Å². The van der Waals surface area contributed by atoms with Gasteiger partial charge in [0.05, 0.1) is 6.20 Å². The molecule has 0 aliphatic rings. The Hall–Kier alpha value is -3.93. The molecule has 0 amide bonds. The second-order valence-corrected chi connectivity index (χ2v) is 5.15. The van der Waals surface area contributed by atoms with Gasteiger partial charge in [-0.2, -0.15) is 25.0 Å². The molecule has 0 saturated carbocycles. The first-order chi connectivity index (χ1) is 12.0. The summed E-state index contributed by atoms with van der Waals surface area (Å²) in [5.74, 6) is -0.967. The molecule has 3 aromatic rings. The van der Waals surface area contributed by atoms with Crippen molar-refractivity contribution in [3.63, 3.8) is 0 Å². The van der Waals surface area contributed by atoms with Gasteiger partial charge in [-0.3, -0.25) is 0 Å². The summed E-state index contributed by atoms with van der Waals surface area (Å²) in [4.78, 5) is 19.4. The van der Waals surface area contributed by atoms with Crippen molar-refractivity contribution in [1.82, 2.24) is 19.7 Å². The molecule has 3 rings (SSSR count). The van der Waals surface area contributed by atoms with Crippen LogP contribution in [0.25, 0.3) is 5.95 Å². The predicted molar refractivity (Wildman–Crippen MR) is 89.7 cm³/mol. The molecular weight excluding hydrogens is 322 g/mol. The molecule has 0 fully saturated rings. The molecule has 124 valence electrons. The average Bonchev–Trinajstić information content (AvgIpc) is 2.98. The number of nitrogens with one attached hydrogen (secondary N) is 1. The van der Waals surface area contributed by atoms with Crippen LogP contribution in [0.1, 0.15) is 21.6 Å². The van der Waals surface area contributed by atoms with Gasteiger partial charge in [-0.25, -0.2) is 4.79 Å². The van der Waals surface area contributed by atoms with Crippen molar-refractivity contribution in [2.45, 2.75) is 6.92 Å². The number of carbonyl (C=O) groups is 1. The number of para-hydroxylation sites is 1. The Labute approximate surface area is 142 Å². The number of rotatable bonds is 4. The Kier molecular flexibility index (Phi) is 4.01. The summed E-state index contributed by atoms with van der Waals surface area (Å²) in [6.07, 6.45) is 1.11. The monoisotopic (exact) mass is 335 g/mol. The lowest BCUT2D eigenvalue weighted by atomic mass is 10.2. The third-order valence-corrected chi connectivity index (χ3v) is 3.46. The summed E-state index contributed by atoms with van der Waals surface area (Å²) in [5.41, 5.74) is 7.52. The van der Waals surface area contributed by atoms with Crippen LogP contribution in [-0.2, 0) is 0 Å². The van der Waals surface area contributed by atoms with Gasteiger partial charge in [0.1, 0.15) is 29.0 Å². The summed E-state index contributed by atoms with van der Waals surface area (Å²) in [6, 6.07) is 11.0. The molecule has 2 heterocycles. The van der Waals surface area contributed by atoms with E-state index in [1.54, 1.807) is 0 Å². The molecule has 0 atom stereocenters. The van der Waals surface area contributed by atoms with Crippen molar-refractivity contribution in [3.05, 3.63) is 53.3 Å². The maximum absolute atomic E-state index is 11.1. The number of benzene rings is 1. The van der Waals surface area contributed by atoms with Gasteiger partial charge in [-0.15, -0.1) is 0 Å². The number of aromatic carboxylic acids is 1. The van der Waals surface area contributed by atoms with Crippen molar-refractivity contribution in [3.8, 4) is 12.0 Å². The molecule has 9 heteroatoms. The first-order valence-corrected chi connectivity index (χ1v) is 7.18.